The van der Waals surface area contributed by atoms with Gasteiger partial charge in [0.25, 0.3) is 0 Å². The van der Waals surface area contributed by atoms with Crippen LogP contribution in [0.4, 0.5) is 11.4 Å². The minimum atomic E-state index is 0.00504. The summed E-state index contributed by atoms with van der Waals surface area (Å²) >= 11 is 0. The van der Waals surface area contributed by atoms with Crippen LogP contribution in [0, 0.1) is 6.92 Å². The van der Waals surface area contributed by atoms with E-state index < -0.39 is 0 Å². The zero-order chi connectivity index (χ0) is 15.0. The van der Waals surface area contributed by atoms with Crippen LogP contribution in [-0.4, -0.2) is 18.6 Å². The highest BCUT2D eigenvalue weighted by atomic mass is 16.5. The lowest BCUT2D eigenvalue weighted by Crippen LogP contribution is -2.15. The van der Waals surface area contributed by atoms with Crippen LogP contribution in [0.3, 0.4) is 0 Å². The van der Waals surface area contributed by atoms with Crippen molar-refractivity contribution in [3.05, 3.63) is 23.8 Å². The summed E-state index contributed by atoms with van der Waals surface area (Å²) in [7, 11) is 0. The summed E-state index contributed by atoms with van der Waals surface area (Å²) in [6.45, 7) is 6.74. The van der Waals surface area contributed by atoms with E-state index in [2.05, 4.69) is 19.2 Å². The zero-order valence-electron chi connectivity index (χ0n) is 12.7. The first kappa shape index (κ1) is 16.5. The van der Waals surface area contributed by atoms with Crippen molar-refractivity contribution >= 4 is 17.3 Å². The molecule has 3 N–H and O–H groups in total. The molecule has 1 aromatic rings. The van der Waals surface area contributed by atoms with Gasteiger partial charge in [0.2, 0.25) is 5.91 Å². The molecular formula is C16H26N2O2. The lowest BCUT2D eigenvalue weighted by Gasteiger charge is -2.12. The lowest BCUT2D eigenvalue weighted by atomic mass is 10.1. The van der Waals surface area contributed by atoms with Crippen LogP contribution in [-0.2, 0) is 9.53 Å². The Balaban J connectivity index is 2.29. The number of nitrogens with one attached hydrogen (secondary N) is 1. The van der Waals surface area contributed by atoms with Crippen molar-refractivity contribution in [2.75, 3.05) is 17.7 Å². The van der Waals surface area contributed by atoms with Crippen molar-refractivity contribution < 1.29 is 9.53 Å². The molecule has 1 rings (SSSR count). The minimum absolute atomic E-state index is 0.00504. The molecule has 0 saturated carbocycles. The second kappa shape index (κ2) is 8.59. The zero-order valence-corrected chi connectivity index (χ0v) is 12.7. The molecule has 4 heteroatoms. The van der Waals surface area contributed by atoms with Gasteiger partial charge in [0.05, 0.1) is 6.10 Å². The van der Waals surface area contributed by atoms with E-state index in [1.165, 1.54) is 0 Å². The minimum Gasteiger partial charge on any atom is -0.398 e. The van der Waals surface area contributed by atoms with Gasteiger partial charge in [-0.1, -0.05) is 19.4 Å². The quantitative estimate of drug-likeness (QED) is 0.565. The fourth-order valence-corrected chi connectivity index (χ4v) is 2.01. The number of amides is 1. The van der Waals surface area contributed by atoms with E-state index in [1.54, 1.807) is 0 Å². The Labute approximate surface area is 121 Å². The fraction of sp³-hybridized carbons (Fsp3) is 0.562. The van der Waals surface area contributed by atoms with Crippen molar-refractivity contribution in [1.29, 1.82) is 0 Å². The molecule has 0 fully saturated rings. The molecule has 0 bridgehead atoms. The number of rotatable bonds is 8. The van der Waals surface area contributed by atoms with Crippen LogP contribution in [0.1, 0.15) is 45.1 Å². The molecule has 112 valence electrons. The number of hydrogen-bond donors (Lipinski definition) is 2. The molecule has 20 heavy (non-hydrogen) atoms. The van der Waals surface area contributed by atoms with E-state index in [4.69, 9.17) is 10.5 Å². The average molecular weight is 278 g/mol. The Morgan fingerprint density at radius 1 is 1.45 bits per heavy atom. The van der Waals surface area contributed by atoms with Crippen molar-refractivity contribution in [3.8, 4) is 0 Å². The number of nitrogen functional groups attached to an aromatic ring is 1. The molecule has 1 atom stereocenters. The monoisotopic (exact) mass is 278 g/mol. The summed E-state index contributed by atoms with van der Waals surface area (Å²) in [4.78, 5) is 11.8. The third-order valence-corrected chi connectivity index (χ3v) is 3.30. The summed E-state index contributed by atoms with van der Waals surface area (Å²) in [5, 5.41) is 2.89. The van der Waals surface area contributed by atoms with E-state index >= 15 is 0 Å². The summed E-state index contributed by atoms with van der Waals surface area (Å²) in [5.41, 5.74) is 8.20. The van der Waals surface area contributed by atoms with Crippen LogP contribution in [0.2, 0.25) is 0 Å². The summed E-state index contributed by atoms with van der Waals surface area (Å²) in [5.74, 6) is 0.00504. The van der Waals surface area contributed by atoms with Crippen molar-refractivity contribution in [1.82, 2.24) is 0 Å². The van der Waals surface area contributed by atoms with Gasteiger partial charge in [-0.3, -0.25) is 4.79 Å². The molecule has 0 saturated heterocycles. The fourth-order valence-electron chi connectivity index (χ4n) is 2.01. The highest BCUT2D eigenvalue weighted by Gasteiger charge is 2.07. The third-order valence-electron chi connectivity index (χ3n) is 3.30. The van der Waals surface area contributed by atoms with Gasteiger partial charge >= 0.3 is 0 Å². The lowest BCUT2D eigenvalue weighted by molar-refractivity contribution is -0.116. The second-order valence-corrected chi connectivity index (χ2v) is 5.14. The number of benzene rings is 1. The first-order chi connectivity index (χ1) is 9.54. The molecule has 0 heterocycles. The van der Waals surface area contributed by atoms with Gasteiger partial charge in [0.1, 0.15) is 0 Å². The van der Waals surface area contributed by atoms with Crippen molar-refractivity contribution in [3.63, 3.8) is 0 Å². The van der Waals surface area contributed by atoms with Crippen LogP contribution in [0.15, 0.2) is 18.2 Å². The highest BCUT2D eigenvalue weighted by Crippen LogP contribution is 2.20. The van der Waals surface area contributed by atoms with Gasteiger partial charge in [-0.2, -0.15) is 0 Å². The number of ether oxygens (including phenoxy) is 1. The van der Waals surface area contributed by atoms with Crippen molar-refractivity contribution in [2.45, 2.75) is 52.6 Å². The Morgan fingerprint density at radius 2 is 2.20 bits per heavy atom. The van der Waals surface area contributed by atoms with E-state index in [0.29, 0.717) is 18.7 Å². The molecule has 0 aromatic heterocycles. The molecule has 0 spiro atoms. The van der Waals surface area contributed by atoms with Crippen LogP contribution in [0.25, 0.3) is 0 Å². The van der Waals surface area contributed by atoms with Crippen molar-refractivity contribution in [2.24, 2.45) is 0 Å². The number of carbonyl (C=O) groups excluding carboxylic acids is 1. The van der Waals surface area contributed by atoms with Crippen LogP contribution < -0.4 is 11.1 Å². The predicted molar refractivity (Wildman–Crippen MR) is 83.8 cm³/mol. The average Bonchev–Trinajstić information content (AvgIpc) is 2.40. The molecule has 1 aromatic carbocycles. The Hall–Kier alpha value is -1.55. The first-order valence-electron chi connectivity index (χ1n) is 7.31. The largest absolute Gasteiger partial charge is 0.398 e. The maximum absolute atomic E-state index is 11.8. The van der Waals surface area contributed by atoms with Gasteiger partial charge < -0.3 is 15.8 Å². The number of hydrogen-bond acceptors (Lipinski definition) is 3. The highest BCUT2D eigenvalue weighted by molar-refractivity contribution is 5.92. The molecule has 1 unspecified atom stereocenters. The maximum Gasteiger partial charge on any atom is 0.224 e. The molecule has 1 amide bonds. The van der Waals surface area contributed by atoms with E-state index in [0.717, 1.165) is 30.5 Å². The predicted octanol–water partition coefficient (Wildman–Crippen LogP) is 3.50. The summed E-state index contributed by atoms with van der Waals surface area (Å²) in [6.07, 6.45) is 3.67. The number of nitrogens with two attached hydrogens (primary N) is 1. The molecule has 0 aliphatic carbocycles. The standard InChI is InChI=1S/C16H26N2O2/c1-4-7-12(2)20-11-6-10-16(19)18-15-9-5-8-14(17)13(15)3/h5,8-9,12H,4,6-7,10-11,17H2,1-3H3,(H,18,19). The maximum atomic E-state index is 11.8. The normalized spacial score (nSPS) is 12.2. The topological polar surface area (TPSA) is 64.3 Å². The van der Waals surface area contributed by atoms with Gasteiger partial charge in [-0.25, -0.2) is 0 Å². The molecule has 0 aliphatic rings. The number of carbonyl (C=O) groups is 1. The smallest absolute Gasteiger partial charge is 0.224 e. The number of anilines is 2. The Kier molecular flexibility index (Phi) is 7.09. The third kappa shape index (κ3) is 5.61. The molecule has 0 aliphatic heterocycles. The molecule has 0 radical (unpaired) electrons. The Bertz CT molecular complexity index is 432. The second-order valence-electron chi connectivity index (χ2n) is 5.14. The van der Waals surface area contributed by atoms with E-state index in [-0.39, 0.29) is 12.0 Å². The molecular weight excluding hydrogens is 252 g/mol. The van der Waals surface area contributed by atoms with Gasteiger partial charge in [-0.05, 0) is 44.4 Å². The van der Waals surface area contributed by atoms with Gasteiger partial charge in [0, 0.05) is 24.4 Å². The summed E-state index contributed by atoms with van der Waals surface area (Å²) < 4.78 is 5.63. The summed E-state index contributed by atoms with van der Waals surface area (Å²) in [6, 6.07) is 5.53. The van der Waals surface area contributed by atoms with E-state index in [9.17, 15) is 4.79 Å². The van der Waals surface area contributed by atoms with Crippen LogP contribution >= 0.6 is 0 Å². The van der Waals surface area contributed by atoms with Crippen LogP contribution in [0.5, 0.6) is 0 Å². The first-order valence-corrected chi connectivity index (χ1v) is 7.31. The van der Waals surface area contributed by atoms with Gasteiger partial charge in [0.15, 0.2) is 0 Å². The molecule has 4 nitrogen and oxygen atoms in total. The van der Waals surface area contributed by atoms with Gasteiger partial charge in [-0.15, -0.1) is 0 Å². The SMILES string of the molecule is CCCC(C)OCCCC(=O)Nc1cccc(N)c1C. The Morgan fingerprint density at radius 3 is 2.90 bits per heavy atom. The van der Waals surface area contributed by atoms with E-state index in [1.807, 2.05) is 25.1 Å².